The van der Waals surface area contributed by atoms with Gasteiger partial charge >= 0.3 is 0 Å². The van der Waals surface area contributed by atoms with Gasteiger partial charge in [0.25, 0.3) is 5.91 Å². The molecular formula is C13H11FN2O3. The zero-order valence-corrected chi connectivity index (χ0v) is 10.1. The third-order valence-corrected chi connectivity index (χ3v) is 2.32. The fourth-order valence-corrected chi connectivity index (χ4v) is 1.49. The molecule has 1 aromatic heterocycles. The Balaban J connectivity index is 2.17. The Morgan fingerprint density at radius 2 is 2.00 bits per heavy atom. The highest BCUT2D eigenvalue weighted by Crippen LogP contribution is 2.20. The number of furan rings is 1. The summed E-state index contributed by atoms with van der Waals surface area (Å²) >= 11 is 0. The maximum absolute atomic E-state index is 13.4. The molecule has 0 aliphatic rings. The van der Waals surface area contributed by atoms with Crippen molar-refractivity contribution in [1.82, 2.24) is 0 Å². The Hall–Kier alpha value is -2.63. The van der Waals surface area contributed by atoms with Crippen molar-refractivity contribution >= 4 is 23.2 Å². The van der Waals surface area contributed by atoms with Gasteiger partial charge in [0.2, 0.25) is 5.91 Å². The monoisotopic (exact) mass is 262 g/mol. The van der Waals surface area contributed by atoms with Gasteiger partial charge in [-0.15, -0.1) is 0 Å². The summed E-state index contributed by atoms with van der Waals surface area (Å²) in [4.78, 5) is 22.6. The van der Waals surface area contributed by atoms with Crippen molar-refractivity contribution in [3.63, 3.8) is 0 Å². The van der Waals surface area contributed by atoms with Crippen molar-refractivity contribution in [2.75, 3.05) is 10.6 Å². The summed E-state index contributed by atoms with van der Waals surface area (Å²) in [6, 6.07) is 5.41. The largest absolute Gasteiger partial charge is 0.472 e. The van der Waals surface area contributed by atoms with Gasteiger partial charge in [-0.1, -0.05) is 0 Å². The van der Waals surface area contributed by atoms with E-state index in [1.807, 2.05) is 0 Å². The molecule has 2 N–H and O–H groups in total. The van der Waals surface area contributed by atoms with E-state index in [0.29, 0.717) is 11.3 Å². The molecule has 1 aromatic carbocycles. The highest BCUT2D eigenvalue weighted by atomic mass is 19.1. The van der Waals surface area contributed by atoms with Gasteiger partial charge in [0.1, 0.15) is 12.1 Å². The van der Waals surface area contributed by atoms with Crippen molar-refractivity contribution in [3.8, 4) is 0 Å². The van der Waals surface area contributed by atoms with Gasteiger partial charge in [-0.2, -0.15) is 0 Å². The first kappa shape index (κ1) is 12.8. The summed E-state index contributed by atoms with van der Waals surface area (Å²) in [5.41, 5.74) is 0.735. The number of anilines is 2. The highest BCUT2D eigenvalue weighted by Gasteiger charge is 2.10. The maximum atomic E-state index is 13.4. The minimum Gasteiger partial charge on any atom is -0.472 e. The van der Waals surface area contributed by atoms with Crippen molar-refractivity contribution < 1.29 is 18.4 Å². The number of amides is 2. The molecule has 2 amide bonds. The number of carbonyl (C=O) groups excluding carboxylic acids is 2. The number of nitrogens with one attached hydrogen (secondary N) is 2. The summed E-state index contributed by atoms with van der Waals surface area (Å²) < 4.78 is 18.2. The van der Waals surface area contributed by atoms with Gasteiger partial charge in [0.05, 0.1) is 17.5 Å². The van der Waals surface area contributed by atoms with E-state index in [4.69, 9.17) is 4.42 Å². The molecule has 0 radical (unpaired) electrons. The molecule has 0 bridgehead atoms. The van der Waals surface area contributed by atoms with Crippen molar-refractivity contribution in [2.45, 2.75) is 6.92 Å². The molecule has 5 nitrogen and oxygen atoms in total. The normalized spacial score (nSPS) is 10.0. The van der Waals surface area contributed by atoms with Crippen LogP contribution >= 0.6 is 0 Å². The number of rotatable bonds is 3. The first-order valence-electron chi connectivity index (χ1n) is 5.47. The van der Waals surface area contributed by atoms with E-state index >= 15 is 0 Å². The van der Waals surface area contributed by atoms with Crippen LogP contribution in [0.3, 0.4) is 0 Å². The van der Waals surface area contributed by atoms with Gasteiger partial charge in [0, 0.05) is 12.6 Å². The Morgan fingerprint density at radius 1 is 1.21 bits per heavy atom. The Bertz CT molecular complexity index is 608. The summed E-state index contributed by atoms with van der Waals surface area (Å²) in [6.07, 6.45) is 2.68. The molecule has 6 heteroatoms. The van der Waals surface area contributed by atoms with Gasteiger partial charge in [-0.05, 0) is 24.3 Å². The number of hydrogen-bond acceptors (Lipinski definition) is 3. The van der Waals surface area contributed by atoms with Crippen LogP contribution in [0.5, 0.6) is 0 Å². The van der Waals surface area contributed by atoms with Crippen molar-refractivity contribution in [2.24, 2.45) is 0 Å². The molecular weight excluding hydrogens is 251 g/mol. The first-order chi connectivity index (χ1) is 9.06. The molecule has 1 heterocycles. The lowest BCUT2D eigenvalue weighted by Gasteiger charge is -2.08. The fourth-order valence-electron chi connectivity index (χ4n) is 1.49. The molecule has 0 unspecified atom stereocenters. The standard InChI is InChI=1S/C13H11FN2O3/c1-8(17)15-12-6-10(2-3-11(12)14)16-13(18)9-4-5-19-7-9/h2-7H,1H3,(H,15,17)(H,16,18). The zero-order chi connectivity index (χ0) is 13.8. The van der Waals surface area contributed by atoms with Crippen LogP contribution in [0.15, 0.2) is 41.2 Å². The molecule has 2 aromatic rings. The van der Waals surface area contributed by atoms with Gasteiger partial charge in [-0.3, -0.25) is 9.59 Å². The molecule has 0 spiro atoms. The van der Waals surface area contributed by atoms with Crippen LogP contribution in [0.4, 0.5) is 15.8 Å². The predicted octanol–water partition coefficient (Wildman–Crippen LogP) is 2.63. The predicted molar refractivity (Wildman–Crippen MR) is 67.4 cm³/mol. The average Bonchev–Trinajstić information content (AvgIpc) is 2.86. The van der Waals surface area contributed by atoms with Crippen molar-refractivity contribution in [3.05, 3.63) is 48.2 Å². The number of carbonyl (C=O) groups is 2. The van der Waals surface area contributed by atoms with Crippen LogP contribution in [0.2, 0.25) is 0 Å². The Morgan fingerprint density at radius 3 is 2.63 bits per heavy atom. The van der Waals surface area contributed by atoms with Crippen LogP contribution in [-0.4, -0.2) is 11.8 Å². The minimum absolute atomic E-state index is 0.0116. The molecule has 0 saturated carbocycles. The van der Waals surface area contributed by atoms with E-state index in [2.05, 4.69) is 10.6 Å². The number of halogens is 1. The third kappa shape index (κ3) is 3.19. The first-order valence-corrected chi connectivity index (χ1v) is 5.47. The lowest BCUT2D eigenvalue weighted by molar-refractivity contribution is -0.114. The van der Waals surface area contributed by atoms with Crippen LogP contribution in [0, 0.1) is 5.82 Å². The Labute approximate surface area is 108 Å². The van der Waals surface area contributed by atoms with Gasteiger partial charge in [0.15, 0.2) is 0 Å². The smallest absolute Gasteiger partial charge is 0.258 e. The topological polar surface area (TPSA) is 71.3 Å². The SMILES string of the molecule is CC(=O)Nc1cc(NC(=O)c2ccoc2)ccc1F. The lowest BCUT2D eigenvalue weighted by Crippen LogP contribution is -2.12. The second-order valence-electron chi connectivity index (χ2n) is 3.84. The fraction of sp³-hybridized carbons (Fsp3) is 0.0769. The van der Waals surface area contributed by atoms with Gasteiger partial charge in [-0.25, -0.2) is 4.39 Å². The van der Waals surface area contributed by atoms with Crippen LogP contribution in [0.1, 0.15) is 17.3 Å². The summed E-state index contributed by atoms with van der Waals surface area (Å²) in [6.45, 7) is 1.27. The summed E-state index contributed by atoms with van der Waals surface area (Å²) in [7, 11) is 0. The van der Waals surface area contributed by atoms with Crippen LogP contribution < -0.4 is 10.6 Å². The highest BCUT2D eigenvalue weighted by molar-refractivity contribution is 6.04. The average molecular weight is 262 g/mol. The molecule has 0 saturated heterocycles. The van der Waals surface area contributed by atoms with E-state index in [1.54, 1.807) is 0 Å². The minimum atomic E-state index is -0.573. The molecule has 98 valence electrons. The maximum Gasteiger partial charge on any atom is 0.258 e. The van der Waals surface area contributed by atoms with E-state index in [-0.39, 0.29) is 11.6 Å². The molecule has 0 atom stereocenters. The molecule has 0 fully saturated rings. The Kier molecular flexibility index (Phi) is 3.61. The van der Waals surface area contributed by atoms with Crippen molar-refractivity contribution in [1.29, 1.82) is 0 Å². The van der Waals surface area contributed by atoms with E-state index in [9.17, 15) is 14.0 Å². The summed E-state index contributed by atoms with van der Waals surface area (Å²) in [5.74, 6) is -1.34. The van der Waals surface area contributed by atoms with Crippen LogP contribution in [-0.2, 0) is 4.79 Å². The van der Waals surface area contributed by atoms with Gasteiger partial charge < -0.3 is 15.1 Å². The van der Waals surface area contributed by atoms with E-state index < -0.39 is 11.7 Å². The van der Waals surface area contributed by atoms with E-state index in [1.165, 1.54) is 37.6 Å². The molecule has 0 aliphatic heterocycles. The molecule has 19 heavy (non-hydrogen) atoms. The zero-order valence-electron chi connectivity index (χ0n) is 10.1. The second-order valence-corrected chi connectivity index (χ2v) is 3.84. The van der Waals surface area contributed by atoms with Crippen LogP contribution in [0.25, 0.3) is 0 Å². The van der Waals surface area contributed by atoms with E-state index in [0.717, 1.165) is 6.07 Å². The third-order valence-electron chi connectivity index (χ3n) is 2.32. The molecule has 0 aliphatic carbocycles. The lowest BCUT2D eigenvalue weighted by atomic mass is 10.2. The number of hydrogen-bond donors (Lipinski definition) is 2. The molecule has 2 rings (SSSR count). The summed E-state index contributed by atoms with van der Waals surface area (Å²) in [5, 5.41) is 4.91. The second kappa shape index (κ2) is 5.34. The quantitative estimate of drug-likeness (QED) is 0.893. The number of benzene rings is 1.